The van der Waals surface area contributed by atoms with Crippen LogP contribution in [0, 0.1) is 0 Å². The molecule has 6 nitrogen and oxygen atoms in total. The van der Waals surface area contributed by atoms with E-state index < -0.39 is 0 Å². The number of hydrogen-bond donors (Lipinski definition) is 0. The molecule has 0 aliphatic heterocycles. The summed E-state index contributed by atoms with van der Waals surface area (Å²) in [5, 5.41) is 0.540. The zero-order valence-corrected chi connectivity index (χ0v) is 18.4. The molecule has 5 rings (SSSR count). The van der Waals surface area contributed by atoms with Crippen LogP contribution in [0.5, 0.6) is 0 Å². The van der Waals surface area contributed by atoms with Gasteiger partial charge in [-0.1, -0.05) is 36.4 Å². The summed E-state index contributed by atoms with van der Waals surface area (Å²) in [5.41, 5.74) is 1.85. The molecular weight excluding hydrogens is 422 g/mol. The molecule has 1 aliphatic carbocycles. The van der Waals surface area contributed by atoms with Gasteiger partial charge in [0.05, 0.1) is 24.5 Å². The van der Waals surface area contributed by atoms with Crippen LogP contribution < -0.4 is 5.56 Å². The van der Waals surface area contributed by atoms with E-state index in [0.29, 0.717) is 16.8 Å². The predicted molar refractivity (Wildman–Crippen MR) is 125 cm³/mol. The zero-order valence-electron chi connectivity index (χ0n) is 17.6. The highest BCUT2D eigenvalue weighted by Gasteiger charge is 2.22. The smallest absolute Gasteiger partial charge is 0.262 e. The van der Waals surface area contributed by atoms with Crippen molar-refractivity contribution >= 4 is 27.5 Å². The van der Waals surface area contributed by atoms with Crippen LogP contribution in [-0.2, 0) is 17.9 Å². The van der Waals surface area contributed by atoms with E-state index >= 15 is 0 Å². The summed E-state index contributed by atoms with van der Waals surface area (Å²) in [7, 11) is 0. The topological polar surface area (TPSA) is 68.3 Å². The van der Waals surface area contributed by atoms with E-state index in [1.165, 1.54) is 22.2 Å². The van der Waals surface area contributed by atoms with Gasteiger partial charge < -0.3 is 9.32 Å². The number of hydrogen-bond acceptors (Lipinski definition) is 5. The van der Waals surface area contributed by atoms with Crippen LogP contribution in [0.2, 0.25) is 0 Å². The fraction of sp³-hybridized carbons (Fsp3) is 0.240. The van der Waals surface area contributed by atoms with E-state index in [2.05, 4.69) is 11.1 Å². The number of benzene rings is 1. The third kappa shape index (κ3) is 4.16. The van der Waals surface area contributed by atoms with Gasteiger partial charge in [-0.05, 0) is 49.4 Å². The van der Waals surface area contributed by atoms with Crippen molar-refractivity contribution in [3.63, 3.8) is 0 Å². The van der Waals surface area contributed by atoms with Gasteiger partial charge >= 0.3 is 0 Å². The molecule has 0 bridgehead atoms. The lowest BCUT2D eigenvalue weighted by Gasteiger charge is -2.27. The number of amides is 1. The van der Waals surface area contributed by atoms with Gasteiger partial charge in [0.2, 0.25) is 5.91 Å². The Bertz CT molecular complexity index is 1320. The van der Waals surface area contributed by atoms with Crippen molar-refractivity contribution in [3.05, 3.63) is 89.0 Å². The molecule has 0 spiro atoms. The van der Waals surface area contributed by atoms with Crippen molar-refractivity contribution < 1.29 is 9.21 Å². The van der Waals surface area contributed by atoms with Crippen LogP contribution in [0.15, 0.2) is 82.1 Å². The van der Waals surface area contributed by atoms with E-state index in [1.54, 1.807) is 11.2 Å². The summed E-state index contributed by atoms with van der Waals surface area (Å²) in [5.74, 6) is 0.576. The van der Waals surface area contributed by atoms with E-state index in [4.69, 9.17) is 4.42 Å². The van der Waals surface area contributed by atoms with Crippen molar-refractivity contribution in [2.45, 2.75) is 38.8 Å². The van der Waals surface area contributed by atoms with Crippen molar-refractivity contribution in [2.75, 3.05) is 0 Å². The molecule has 0 fully saturated rings. The molecule has 3 heterocycles. The molecule has 0 N–H and O–H groups in total. The number of fused-ring (bicyclic) bond motifs is 1. The van der Waals surface area contributed by atoms with Gasteiger partial charge in [0.15, 0.2) is 0 Å². The first-order chi connectivity index (χ1) is 15.7. The predicted octanol–water partition coefficient (Wildman–Crippen LogP) is 5.20. The lowest BCUT2D eigenvalue weighted by atomic mass is 10.0. The Kier molecular flexibility index (Phi) is 5.73. The second kappa shape index (κ2) is 8.96. The molecule has 1 aliphatic rings. The maximum atomic E-state index is 13.3. The number of thiophene rings is 1. The monoisotopic (exact) mass is 445 g/mol. The number of furan rings is 1. The first kappa shape index (κ1) is 20.5. The first-order valence-corrected chi connectivity index (χ1v) is 11.6. The minimum atomic E-state index is -0.197. The Balaban J connectivity index is 1.44. The number of rotatable bonds is 6. The summed E-state index contributed by atoms with van der Waals surface area (Å²) < 4.78 is 6.89. The Hall–Kier alpha value is -3.45. The summed E-state index contributed by atoms with van der Waals surface area (Å²) in [6, 6.07) is 15.5. The van der Waals surface area contributed by atoms with Gasteiger partial charge in [-0.3, -0.25) is 14.2 Å². The summed E-state index contributed by atoms with van der Waals surface area (Å²) in [4.78, 5) is 34.3. The highest BCUT2D eigenvalue weighted by Crippen LogP contribution is 2.30. The van der Waals surface area contributed by atoms with Crippen LogP contribution in [0.25, 0.3) is 20.7 Å². The summed E-state index contributed by atoms with van der Waals surface area (Å²) in [6.07, 6.45) is 9.21. The largest absolute Gasteiger partial charge is 0.467 e. The Morgan fingerprint density at radius 1 is 1.16 bits per heavy atom. The average Bonchev–Trinajstić information content (AvgIpc) is 3.51. The van der Waals surface area contributed by atoms with Crippen LogP contribution in [0.1, 0.15) is 31.4 Å². The second-order valence-electron chi connectivity index (χ2n) is 7.87. The van der Waals surface area contributed by atoms with Gasteiger partial charge in [0, 0.05) is 10.6 Å². The number of carbonyl (C=O) groups excluding carboxylic acids is 1. The first-order valence-electron chi connectivity index (χ1n) is 10.8. The SMILES string of the molecule is O=C(Cn1cnc2sc(-c3ccccc3)cc2c1=O)N(Cc1ccco1)C1=CCCCC1. The molecule has 0 radical (unpaired) electrons. The van der Waals surface area contributed by atoms with E-state index in [1.807, 2.05) is 48.5 Å². The number of nitrogens with zero attached hydrogens (tertiary/aromatic N) is 3. The molecule has 3 aromatic heterocycles. The molecule has 32 heavy (non-hydrogen) atoms. The minimum Gasteiger partial charge on any atom is -0.467 e. The van der Waals surface area contributed by atoms with Crippen molar-refractivity contribution in [1.82, 2.24) is 14.5 Å². The maximum absolute atomic E-state index is 13.3. The molecule has 0 unspecified atom stereocenters. The maximum Gasteiger partial charge on any atom is 0.262 e. The summed E-state index contributed by atoms with van der Waals surface area (Å²) in [6.45, 7) is 0.301. The van der Waals surface area contributed by atoms with Gasteiger partial charge in [0.1, 0.15) is 17.1 Å². The molecule has 7 heteroatoms. The van der Waals surface area contributed by atoms with Gasteiger partial charge in [-0.2, -0.15) is 0 Å². The quantitative estimate of drug-likeness (QED) is 0.409. The van der Waals surface area contributed by atoms with Crippen LogP contribution in [0.4, 0.5) is 0 Å². The van der Waals surface area contributed by atoms with E-state index in [0.717, 1.165) is 47.6 Å². The van der Waals surface area contributed by atoms with Crippen molar-refractivity contribution in [3.8, 4) is 10.4 Å². The molecule has 1 aromatic carbocycles. The standard InChI is InChI=1S/C25H23N3O3S/c29-23(28(15-20-12-7-13-31-20)19-10-5-2-6-11-19)16-27-17-26-24-21(25(27)30)14-22(32-24)18-8-3-1-4-9-18/h1,3-4,7-10,12-14,17H,2,5-6,11,15-16H2. The second-order valence-corrected chi connectivity index (χ2v) is 8.90. The third-order valence-corrected chi connectivity index (χ3v) is 6.78. The number of carbonyl (C=O) groups is 1. The third-order valence-electron chi connectivity index (χ3n) is 5.69. The minimum absolute atomic E-state index is 0.0592. The highest BCUT2D eigenvalue weighted by atomic mass is 32.1. The van der Waals surface area contributed by atoms with Crippen LogP contribution in [-0.4, -0.2) is 20.4 Å². The fourth-order valence-electron chi connectivity index (χ4n) is 4.02. The number of allylic oxidation sites excluding steroid dienone is 2. The molecule has 1 amide bonds. The zero-order chi connectivity index (χ0) is 21.9. The molecule has 0 atom stereocenters. The van der Waals surface area contributed by atoms with Crippen LogP contribution >= 0.6 is 11.3 Å². The Morgan fingerprint density at radius 3 is 2.78 bits per heavy atom. The number of aromatic nitrogens is 2. The lowest BCUT2D eigenvalue weighted by molar-refractivity contribution is -0.130. The van der Waals surface area contributed by atoms with Crippen molar-refractivity contribution in [1.29, 1.82) is 0 Å². The molecule has 0 saturated carbocycles. The van der Waals surface area contributed by atoms with Crippen LogP contribution in [0.3, 0.4) is 0 Å². The average molecular weight is 446 g/mol. The van der Waals surface area contributed by atoms with Crippen molar-refractivity contribution in [2.24, 2.45) is 0 Å². The molecule has 4 aromatic rings. The Labute approximate surface area is 189 Å². The van der Waals surface area contributed by atoms with Gasteiger partial charge in [-0.25, -0.2) is 4.98 Å². The lowest BCUT2D eigenvalue weighted by Crippen LogP contribution is -2.36. The molecular formula is C25H23N3O3S. The normalized spacial score (nSPS) is 13.8. The fourth-order valence-corrected chi connectivity index (χ4v) is 5.02. The Morgan fingerprint density at radius 2 is 2.03 bits per heavy atom. The molecule has 0 saturated heterocycles. The van der Waals surface area contributed by atoms with E-state index in [9.17, 15) is 9.59 Å². The molecule has 162 valence electrons. The van der Waals surface area contributed by atoms with Gasteiger partial charge in [0.25, 0.3) is 5.56 Å². The van der Waals surface area contributed by atoms with E-state index in [-0.39, 0.29) is 18.0 Å². The summed E-state index contributed by atoms with van der Waals surface area (Å²) >= 11 is 1.48. The highest BCUT2D eigenvalue weighted by molar-refractivity contribution is 7.21. The van der Waals surface area contributed by atoms with Gasteiger partial charge in [-0.15, -0.1) is 11.3 Å².